The van der Waals surface area contributed by atoms with Crippen LogP contribution in [0.2, 0.25) is 0 Å². The molecule has 0 atom stereocenters. The van der Waals surface area contributed by atoms with Crippen LogP contribution in [0.25, 0.3) is 6.08 Å². The zero-order valence-corrected chi connectivity index (χ0v) is 16.0. The smallest absolute Gasteiger partial charge is 0.271 e. The van der Waals surface area contributed by atoms with Crippen molar-refractivity contribution in [3.63, 3.8) is 0 Å². The molecule has 0 aliphatic carbocycles. The van der Waals surface area contributed by atoms with Gasteiger partial charge in [-0.2, -0.15) is 5.26 Å². The minimum absolute atomic E-state index is 0.167. The maximum Gasteiger partial charge on any atom is 0.271 e. The summed E-state index contributed by atoms with van der Waals surface area (Å²) in [7, 11) is 3.01. The zero-order valence-electron chi connectivity index (χ0n) is 16.0. The minimum Gasteiger partial charge on any atom is -0.493 e. The molecule has 2 aromatic rings. The molecule has 2 aromatic carbocycles. The molecule has 29 heavy (non-hydrogen) atoms. The molecule has 0 aliphatic rings. The summed E-state index contributed by atoms with van der Waals surface area (Å²) in [5.41, 5.74) is 1.22. The van der Waals surface area contributed by atoms with Gasteiger partial charge >= 0.3 is 0 Å². The summed E-state index contributed by atoms with van der Waals surface area (Å²) in [4.78, 5) is 22.8. The fraction of sp³-hybridized carbons (Fsp3) is 0.143. The standard InChI is InChI=1S/C21H19N3O5/c1-4-6-15-9-14(11-19(28-2)20(15)29-3)10-16(13-22)21(25)23-17-7-5-8-18(12-17)24(26)27/h4-5,7-12H,1,6H2,2-3H3,(H,23,25)/b16-10+. The number of carbonyl (C=O) groups is 1. The number of non-ortho nitro benzene ring substituents is 1. The minimum atomic E-state index is -0.687. The van der Waals surface area contributed by atoms with E-state index in [0.29, 0.717) is 23.5 Å². The Morgan fingerprint density at radius 1 is 1.31 bits per heavy atom. The number of amides is 1. The van der Waals surface area contributed by atoms with Crippen LogP contribution in [-0.2, 0) is 11.2 Å². The molecule has 0 bridgehead atoms. The van der Waals surface area contributed by atoms with E-state index in [2.05, 4.69) is 11.9 Å². The number of hydrogen-bond acceptors (Lipinski definition) is 6. The largest absolute Gasteiger partial charge is 0.493 e. The molecule has 8 nitrogen and oxygen atoms in total. The number of nitro benzene ring substituents is 1. The third-order valence-corrected chi connectivity index (χ3v) is 3.93. The Kier molecular flexibility index (Phi) is 7.09. The fourth-order valence-electron chi connectivity index (χ4n) is 2.67. The molecule has 1 amide bonds. The number of nitrogens with zero attached hydrogens (tertiary/aromatic N) is 2. The number of carbonyl (C=O) groups excluding carboxylic acids is 1. The molecule has 1 N–H and O–H groups in total. The predicted molar refractivity (Wildman–Crippen MR) is 109 cm³/mol. The van der Waals surface area contributed by atoms with Crippen LogP contribution in [0.3, 0.4) is 0 Å². The van der Waals surface area contributed by atoms with Crippen LogP contribution in [0.1, 0.15) is 11.1 Å². The SMILES string of the molecule is C=CCc1cc(/C=C(\C#N)C(=O)Nc2cccc([N+](=O)[O-])c2)cc(OC)c1OC. The molecule has 8 heteroatoms. The summed E-state index contributed by atoms with van der Waals surface area (Å²) < 4.78 is 10.7. The molecule has 0 heterocycles. The van der Waals surface area contributed by atoms with Crippen LogP contribution in [0.4, 0.5) is 11.4 Å². The van der Waals surface area contributed by atoms with Crippen LogP contribution < -0.4 is 14.8 Å². The lowest BCUT2D eigenvalue weighted by atomic mass is 10.0. The topological polar surface area (TPSA) is 114 Å². The summed E-state index contributed by atoms with van der Waals surface area (Å²) >= 11 is 0. The maximum absolute atomic E-state index is 12.5. The number of methoxy groups -OCH3 is 2. The van der Waals surface area contributed by atoms with Crippen molar-refractivity contribution < 1.29 is 19.2 Å². The van der Waals surface area contributed by atoms with E-state index in [9.17, 15) is 20.2 Å². The lowest BCUT2D eigenvalue weighted by molar-refractivity contribution is -0.384. The second-order valence-corrected chi connectivity index (χ2v) is 5.84. The van der Waals surface area contributed by atoms with Gasteiger partial charge in [-0.3, -0.25) is 14.9 Å². The normalized spacial score (nSPS) is 10.6. The number of allylic oxidation sites excluding steroid dienone is 1. The lowest BCUT2D eigenvalue weighted by Gasteiger charge is -2.13. The maximum atomic E-state index is 12.5. The highest BCUT2D eigenvalue weighted by molar-refractivity contribution is 6.09. The van der Waals surface area contributed by atoms with E-state index in [0.717, 1.165) is 5.56 Å². The van der Waals surface area contributed by atoms with Gasteiger partial charge in [0.05, 0.1) is 19.1 Å². The lowest BCUT2D eigenvalue weighted by Crippen LogP contribution is -2.13. The highest BCUT2D eigenvalue weighted by atomic mass is 16.6. The van der Waals surface area contributed by atoms with Crippen molar-refractivity contribution in [2.75, 3.05) is 19.5 Å². The molecule has 0 fully saturated rings. The van der Waals surface area contributed by atoms with Crippen molar-refractivity contribution in [3.05, 3.63) is 75.9 Å². The van der Waals surface area contributed by atoms with Gasteiger partial charge in [-0.15, -0.1) is 6.58 Å². The van der Waals surface area contributed by atoms with Crippen molar-refractivity contribution in [3.8, 4) is 17.6 Å². The molecular weight excluding hydrogens is 374 g/mol. The monoisotopic (exact) mass is 393 g/mol. The first-order valence-corrected chi connectivity index (χ1v) is 8.46. The van der Waals surface area contributed by atoms with Crippen molar-refractivity contribution in [1.82, 2.24) is 0 Å². The number of nitrogens with one attached hydrogen (secondary N) is 1. The number of rotatable bonds is 8. The van der Waals surface area contributed by atoms with Gasteiger partial charge in [-0.05, 0) is 36.3 Å². The fourth-order valence-corrected chi connectivity index (χ4v) is 2.67. The Labute approximate surface area is 167 Å². The number of ether oxygens (including phenoxy) is 2. The average Bonchev–Trinajstić information content (AvgIpc) is 2.71. The first-order valence-electron chi connectivity index (χ1n) is 8.46. The Bertz CT molecular complexity index is 1020. The quantitative estimate of drug-likeness (QED) is 0.239. The van der Waals surface area contributed by atoms with Gasteiger partial charge in [0.1, 0.15) is 11.6 Å². The number of nitro groups is 1. The third-order valence-electron chi connectivity index (χ3n) is 3.93. The van der Waals surface area contributed by atoms with E-state index in [-0.39, 0.29) is 16.9 Å². The van der Waals surface area contributed by atoms with Crippen molar-refractivity contribution in [1.29, 1.82) is 5.26 Å². The molecule has 0 unspecified atom stereocenters. The van der Waals surface area contributed by atoms with E-state index in [1.165, 1.54) is 44.6 Å². The van der Waals surface area contributed by atoms with Crippen molar-refractivity contribution in [2.45, 2.75) is 6.42 Å². The molecule has 0 spiro atoms. The van der Waals surface area contributed by atoms with Crippen LogP contribution in [0.15, 0.2) is 54.6 Å². The van der Waals surface area contributed by atoms with Gasteiger partial charge in [0.2, 0.25) is 0 Å². The van der Waals surface area contributed by atoms with Crippen LogP contribution in [0, 0.1) is 21.4 Å². The van der Waals surface area contributed by atoms with E-state index < -0.39 is 10.8 Å². The predicted octanol–water partition coefficient (Wildman–Crippen LogP) is 3.89. The molecule has 148 valence electrons. The second-order valence-electron chi connectivity index (χ2n) is 5.84. The van der Waals surface area contributed by atoms with E-state index in [1.807, 2.05) is 6.07 Å². The molecule has 0 radical (unpaired) electrons. The Hall–Kier alpha value is -4.12. The summed E-state index contributed by atoms with van der Waals surface area (Å²) in [5.74, 6) is 0.312. The Morgan fingerprint density at radius 3 is 2.66 bits per heavy atom. The van der Waals surface area contributed by atoms with Gasteiger partial charge in [-0.1, -0.05) is 12.1 Å². The van der Waals surface area contributed by atoms with E-state index >= 15 is 0 Å². The molecule has 0 saturated heterocycles. The summed E-state index contributed by atoms with van der Waals surface area (Å²) in [5, 5.41) is 22.8. The first-order chi connectivity index (χ1) is 13.9. The van der Waals surface area contributed by atoms with Crippen molar-refractivity contribution >= 4 is 23.4 Å². The molecule has 0 saturated carbocycles. The zero-order chi connectivity index (χ0) is 21.4. The summed E-state index contributed by atoms with van der Waals surface area (Å²) in [6, 6.07) is 10.7. The number of hydrogen-bond donors (Lipinski definition) is 1. The van der Waals surface area contributed by atoms with Gasteiger partial charge in [0.25, 0.3) is 11.6 Å². The van der Waals surface area contributed by atoms with Gasteiger partial charge in [0.15, 0.2) is 11.5 Å². The Morgan fingerprint density at radius 2 is 2.07 bits per heavy atom. The van der Waals surface area contributed by atoms with Gasteiger partial charge in [0, 0.05) is 23.4 Å². The molecule has 0 aliphatic heterocycles. The van der Waals surface area contributed by atoms with E-state index in [4.69, 9.17) is 9.47 Å². The summed E-state index contributed by atoms with van der Waals surface area (Å²) in [6.45, 7) is 3.71. The first kappa shape index (κ1) is 21.2. The number of nitriles is 1. The van der Waals surface area contributed by atoms with Crippen molar-refractivity contribution in [2.24, 2.45) is 0 Å². The molecule has 2 rings (SSSR count). The average molecular weight is 393 g/mol. The highest BCUT2D eigenvalue weighted by Crippen LogP contribution is 2.34. The highest BCUT2D eigenvalue weighted by Gasteiger charge is 2.15. The third kappa shape index (κ3) is 5.20. The second kappa shape index (κ2) is 9.71. The van der Waals surface area contributed by atoms with Crippen LogP contribution >= 0.6 is 0 Å². The molecular formula is C21H19N3O5. The van der Waals surface area contributed by atoms with Crippen LogP contribution in [0.5, 0.6) is 11.5 Å². The number of anilines is 1. The molecule has 0 aromatic heterocycles. The summed E-state index contributed by atoms with van der Waals surface area (Å²) in [6.07, 6.45) is 3.61. The van der Waals surface area contributed by atoms with Crippen LogP contribution in [-0.4, -0.2) is 25.1 Å². The van der Waals surface area contributed by atoms with Gasteiger partial charge < -0.3 is 14.8 Å². The number of benzene rings is 2. The van der Waals surface area contributed by atoms with Gasteiger partial charge in [-0.25, -0.2) is 0 Å². The van der Waals surface area contributed by atoms with E-state index in [1.54, 1.807) is 18.2 Å². The Balaban J connectivity index is 2.38.